The lowest BCUT2D eigenvalue weighted by molar-refractivity contribution is 0.415. The molecule has 3 unspecified atom stereocenters. The topological polar surface area (TPSA) is 72.0 Å². The highest BCUT2D eigenvalue weighted by atomic mass is 32.2. The van der Waals surface area contributed by atoms with Crippen molar-refractivity contribution in [1.29, 1.82) is 0 Å². The van der Waals surface area contributed by atoms with E-state index in [-0.39, 0.29) is 16.9 Å². The molecule has 1 N–H and O–H groups in total. The summed E-state index contributed by atoms with van der Waals surface area (Å²) in [5.41, 5.74) is 0.334. The molecule has 3 atom stereocenters. The smallest absolute Gasteiger partial charge is 0.280 e. The number of pyridine rings is 1. The minimum Gasteiger partial charge on any atom is -0.505 e. The summed E-state index contributed by atoms with van der Waals surface area (Å²) in [7, 11) is 0. The van der Waals surface area contributed by atoms with Crippen molar-refractivity contribution in [3.8, 4) is 17.3 Å². The second-order valence-corrected chi connectivity index (χ2v) is 7.69. The van der Waals surface area contributed by atoms with E-state index in [2.05, 4.69) is 29.0 Å². The fourth-order valence-electron chi connectivity index (χ4n) is 1.94. The van der Waals surface area contributed by atoms with E-state index in [4.69, 9.17) is 4.52 Å². The highest BCUT2D eigenvalue weighted by Crippen LogP contribution is 2.43. The molecule has 3 rings (SSSR count). The normalized spacial score (nSPS) is 26.6. The summed E-state index contributed by atoms with van der Waals surface area (Å²) < 4.78 is 5.24. The zero-order valence-corrected chi connectivity index (χ0v) is 12.8. The lowest BCUT2D eigenvalue weighted by Crippen LogP contribution is -2.22. The molecule has 0 amide bonds. The van der Waals surface area contributed by atoms with E-state index in [1.165, 1.54) is 0 Å². The highest BCUT2D eigenvalue weighted by Gasteiger charge is 2.30. The largest absolute Gasteiger partial charge is 0.505 e. The van der Waals surface area contributed by atoms with Crippen LogP contribution in [-0.2, 0) is 0 Å². The fourth-order valence-corrected chi connectivity index (χ4v) is 4.78. The first kappa shape index (κ1) is 13.8. The molecule has 7 heteroatoms. The average Bonchev–Trinajstić information content (AvgIpc) is 2.92. The third-order valence-corrected chi connectivity index (χ3v) is 6.66. The molecule has 106 valence electrons. The highest BCUT2D eigenvalue weighted by molar-refractivity contribution is 8.07. The number of thioether (sulfide) groups is 2. The molecule has 0 aromatic carbocycles. The van der Waals surface area contributed by atoms with Crippen molar-refractivity contribution in [2.75, 3.05) is 5.75 Å². The van der Waals surface area contributed by atoms with Crippen LogP contribution in [0.15, 0.2) is 22.9 Å². The predicted molar refractivity (Wildman–Crippen MR) is 80.9 cm³/mol. The Kier molecular flexibility index (Phi) is 3.89. The van der Waals surface area contributed by atoms with Gasteiger partial charge in [-0.25, -0.2) is 4.98 Å². The van der Waals surface area contributed by atoms with Gasteiger partial charge in [-0.1, -0.05) is 19.0 Å². The summed E-state index contributed by atoms with van der Waals surface area (Å²) >= 11 is 3.80. The van der Waals surface area contributed by atoms with Gasteiger partial charge < -0.3 is 9.63 Å². The van der Waals surface area contributed by atoms with Crippen molar-refractivity contribution >= 4 is 23.5 Å². The van der Waals surface area contributed by atoms with Gasteiger partial charge in [0.05, 0.1) is 5.25 Å². The number of aromatic nitrogens is 3. The van der Waals surface area contributed by atoms with Crippen LogP contribution in [-0.4, -0.2) is 36.5 Å². The zero-order valence-electron chi connectivity index (χ0n) is 11.2. The fraction of sp³-hybridized carbons (Fsp3) is 0.462. The zero-order chi connectivity index (χ0) is 14.1. The van der Waals surface area contributed by atoms with Crippen molar-refractivity contribution in [1.82, 2.24) is 15.1 Å². The molecule has 0 aliphatic carbocycles. The van der Waals surface area contributed by atoms with Gasteiger partial charge in [0.15, 0.2) is 11.5 Å². The molecule has 1 aliphatic heterocycles. The number of hydrogen-bond donors (Lipinski definition) is 1. The molecule has 2 aromatic heterocycles. The van der Waals surface area contributed by atoms with Crippen LogP contribution in [0.1, 0.15) is 24.9 Å². The Morgan fingerprint density at radius 3 is 2.95 bits per heavy atom. The Hall–Kier alpha value is -1.21. The standard InChI is InChI=1S/C13H15N3O2S2/c1-7-8(2)20-10(6-19-7)12-15-13(18-16-12)11-9(17)4-3-5-14-11/h3-5,7-8,10,17H,6H2,1-2H3. The molecule has 20 heavy (non-hydrogen) atoms. The predicted octanol–water partition coefficient (Wildman–Crippen LogP) is 3.14. The Balaban J connectivity index is 1.82. The second-order valence-electron chi connectivity index (χ2n) is 4.70. The first-order valence-electron chi connectivity index (χ1n) is 6.40. The summed E-state index contributed by atoms with van der Waals surface area (Å²) in [4.78, 5) is 8.47. The summed E-state index contributed by atoms with van der Waals surface area (Å²) in [5.74, 6) is 1.98. The van der Waals surface area contributed by atoms with Gasteiger partial charge in [-0.3, -0.25) is 0 Å². The Morgan fingerprint density at radius 2 is 2.20 bits per heavy atom. The lowest BCUT2D eigenvalue weighted by Gasteiger charge is -2.29. The van der Waals surface area contributed by atoms with Crippen LogP contribution >= 0.6 is 23.5 Å². The molecule has 0 saturated carbocycles. The first-order chi connectivity index (χ1) is 9.65. The summed E-state index contributed by atoms with van der Waals surface area (Å²) in [6.45, 7) is 4.46. The van der Waals surface area contributed by atoms with E-state index < -0.39 is 0 Å². The number of nitrogens with zero attached hydrogens (tertiary/aromatic N) is 3. The van der Waals surface area contributed by atoms with Crippen LogP contribution in [0.2, 0.25) is 0 Å². The molecule has 3 heterocycles. The van der Waals surface area contributed by atoms with Crippen LogP contribution < -0.4 is 0 Å². The Labute approximate surface area is 125 Å². The summed E-state index contributed by atoms with van der Waals surface area (Å²) in [6, 6.07) is 3.22. The van der Waals surface area contributed by atoms with Crippen LogP contribution in [0, 0.1) is 0 Å². The summed E-state index contributed by atoms with van der Waals surface area (Å²) in [6.07, 6.45) is 1.59. The van der Waals surface area contributed by atoms with Crippen molar-refractivity contribution in [2.24, 2.45) is 0 Å². The van der Waals surface area contributed by atoms with Gasteiger partial charge in [0.25, 0.3) is 5.89 Å². The minimum absolute atomic E-state index is 0.0513. The lowest BCUT2D eigenvalue weighted by atomic mass is 10.3. The van der Waals surface area contributed by atoms with E-state index >= 15 is 0 Å². The van der Waals surface area contributed by atoms with E-state index in [9.17, 15) is 5.11 Å². The molecule has 0 radical (unpaired) electrons. The molecule has 0 bridgehead atoms. The molecule has 5 nitrogen and oxygen atoms in total. The van der Waals surface area contributed by atoms with Crippen LogP contribution in [0.5, 0.6) is 5.75 Å². The molecule has 1 fully saturated rings. The van der Waals surface area contributed by atoms with Crippen LogP contribution in [0.25, 0.3) is 11.6 Å². The monoisotopic (exact) mass is 309 g/mol. The number of aromatic hydroxyl groups is 1. The Morgan fingerprint density at radius 1 is 1.35 bits per heavy atom. The van der Waals surface area contributed by atoms with Crippen molar-refractivity contribution < 1.29 is 9.63 Å². The molecule has 2 aromatic rings. The van der Waals surface area contributed by atoms with E-state index in [0.29, 0.717) is 22.0 Å². The first-order valence-corrected chi connectivity index (χ1v) is 8.39. The molecule has 1 saturated heterocycles. The molecule has 1 aliphatic rings. The van der Waals surface area contributed by atoms with Gasteiger partial charge in [-0.15, -0.1) is 11.8 Å². The molecular formula is C13H15N3O2S2. The average molecular weight is 309 g/mol. The third kappa shape index (κ3) is 2.64. The SMILES string of the molecule is CC1SCC(c2noc(-c3ncccc3O)n2)SC1C. The number of hydrogen-bond acceptors (Lipinski definition) is 7. The quantitative estimate of drug-likeness (QED) is 0.913. The third-order valence-electron chi connectivity index (χ3n) is 3.27. The minimum atomic E-state index is 0.0513. The molecule has 0 spiro atoms. The maximum Gasteiger partial charge on any atom is 0.280 e. The maximum atomic E-state index is 9.76. The Bertz CT molecular complexity index is 605. The van der Waals surface area contributed by atoms with Gasteiger partial charge >= 0.3 is 0 Å². The van der Waals surface area contributed by atoms with E-state index in [1.54, 1.807) is 18.3 Å². The van der Waals surface area contributed by atoms with E-state index in [1.807, 2.05) is 23.5 Å². The van der Waals surface area contributed by atoms with Gasteiger partial charge in [0.1, 0.15) is 5.75 Å². The molecular weight excluding hydrogens is 294 g/mol. The van der Waals surface area contributed by atoms with Gasteiger partial charge in [-0.05, 0) is 12.1 Å². The number of rotatable bonds is 2. The van der Waals surface area contributed by atoms with Crippen molar-refractivity contribution in [2.45, 2.75) is 29.6 Å². The van der Waals surface area contributed by atoms with Crippen LogP contribution in [0.4, 0.5) is 0 Å². The van der Waals surface area contributed by atoms with Gasteiger partial charge in [0.2, 0.25) is 0 Å². The van der Waals surface area contributed by atoms with Crippen molar-refractivity contribution in [3.63, 3.8) is 0 Å². The van der Waals surface area contributed by atoms with Crippen molar-refractivity contribution in [3.05, 3.63) is 24.2 Å². The maximum absolute atomic E-state index is 9.76. The summed E-state index contributed by atoms with van der Waals surface area (Å²) in [5, 5.41) is 15.2. The van der Waals surface area contributed by atoms with Gasteiger partial charge in [0, 0.05) is 22.4 Å². The second kappa shape index (κ2) is 5.65. The van der Waals surface area contributed by atoms with Crippen LogP contribution in [0.3, 0.4) is 0 Å². The van der Waals surface area contributed by atoms with E-state index in [0.717, 1.165) is 5.75 Å². The van der Waals surface area contributed by atoms with Gasteiger partial charge in [-0.2, -0.15) is 16.7 Å².